The monoisotopic (exact) mass is 1220 g/mol. The molecule has 87 heavy (non-hydrogen) atoms. The van der Waals surface area contributed by atoms with Crippen molar-refractivity contribution >= 4 is 91.5 Å². The molecule has 6 aliphatic heterocycles. The molecule has 0 aliphatic carbocycles. The van der Waals surface area contributed by atoms with Crippen LogP contribution < -0.4 is 34.4 Å². The Labute approximate surface area is 517 Å². The fourth-order valence-corrected chi connectivity index (χ4v) is 14.2. The van der Waals surface area contributed by atoms with Crippen LogP contribution in [0.2, 0.25) is 10.0 Å². The van der Waals surface area contributed by atoms with Gasteiger partial charge in [0, 0.05) is 141 Å². The second-order valence-corrected chi connectivity index (χ2v) is 24.7. The standard InChI is InChI=1S/C65H74Cl2N12O8/c1-73-26-9-12-44(73)38-86-65-70-53-37-77(29-25-49(53)63(72-65)78-27-23-43(35-78)68-56(80)19-21-58(82)84-4)55-16-8-13-47-46(17-18-51(67)61(47)55)42-30-45(74(2)34-42)39-87-64-69-52-36-76(54-15-7-11-41-10-6-14-50(66)60(41)54)28-24-48(52)62(71-64)75(3)31-40-32-79(33-40)57(81)20-22-59(83)85-5/h6-8,10-11,13-22,40,42-45H,9,12,23-39H2,1-5H3,(H,68,80)/b21-19+,22-20+/t42?,43?,44-,45-/m0/s1. The van der Waals surface area contributed by atoms with Gasteiger partial charge in [0.15, 0.2) is 0 Å². The van der Waals surface area contributed by atoms with Crippen molar-refractivity contribution in [3.05, 3.63) is 129 Å². The van der Waals surface area contributed by atoms with Gasteiger partial charge in [-0.3, -0.25) is 14.5 Å². The lowest BCUT2D eigenvalue weighted by atomic mass is 9.90. The first-order chi connectivity index (χ1) is 42.2. The number of benzene rings is 4. The topological polar surface area (TPSA) is 191 Å². The molecule has 12 rings (SSSR count). The van der Waals surface area contributed by atoms with E-state index in [0.29, 0.717) is 107 Å². The zero-order valence-electron chi connectivity index (χ0n) is 49.9. The molecular formula is C65H74Cl2N12O8. The van der Waals surface area contributed by atoms with Gasteiger partial charge in [0.05, 0.1) is 48.7 Å². The summed E-state index contributed by atoms with van der Waals surface area (Å²) in [5.41, 5.74) is 7.28. The number of carbonyl (C=O) groups is 4. The highest BCUT2D eigenvalue weighted by atomic mass is 35.5. The number of halogens is 2. The number of aromatic nitrogens is 4. The maximum Gasteiger partial charge on any atom is 0.330 e. The molecule has 0 spiro atoms. The lowest BCUT2D eigenvalue weighted by molar-refractivity contribution is -0.136. The Morgan fingerprint density at radius 3 is 2.05 bits per heavy atom. The van der Waals surface area contributed by atoms with E-state index >= 15 is 0 Å². The van der Waals surface area contributed by atoms with E-state index in [1.165, 1.54) is 31.9 Å². The van der Waals surface area contributed by atoms with E-state index in [1.54, 1.807) is 4.90 Å². The number of carbonyl (C=O) groups excluding carboxylic acids is 4. The summed E-state index contributed by atoms with van der Waals surface area (Å²) in [7, 11) is 8.90. The number of likely N-dealkylation sites (tertiary alicyclic amines) is 3. The average molecular weight is 1220 g/mol. The molecule has 4 fully saturated rings. The van der Waals surface area contributed by atoms with Crippen molar-refractivity contribution in [3.8, 4) is 12.0 Å². The predicted octanol–water partition coefficient (Wildman–Crippen LogP) is 7.39. The molecule has 1 N–H and O–H groups in total. The van der Waals surface area contributed by atoms with Gasteiger partial charge in [0.25, 0.3) is 0 Å². The summed E-state index contributed by atoms with van der Waals surface area (Å²) in [6.07, 6.45) is 9.91. The van der Waals surface area contributed by atoms with Gasteiger partial charge in [0.2, 0.25) is 11.8 Å². The molecule has 0 bridgehead atoms. The van der Waals surface area contributed by atoms with Gasteiger partial charge in [-0.2, -0.15) is 19.9 Å². The third-order valence-electron chi connectivity index (χ3n) is 18.3. The van der Waals surface area contributed by atoms with Crippen LogP contribution in [0.4, 0.5) is 23.0 Å². The van der Waals surface area contributed by atoms with E-state index in [0.717, 1.165) is 118 Å². The molecule has 4 saturated heterocycles. The smallest absolute Gasteiger partial charge is 0.330 e. The van der Waals surface area contributed by atoms with Crippen LogP contribution in [0.25, 0.3) is 21.5 Å². The molecule has 2 amide bonds. The molecule has 2 unspecified atom stereocenters. The lowest BCUT2D eigenvalue weighted by Crippen LogP contribution is -2.53. The van der Waals surface area contributed by atoms with Gasteiger partial charge >= 0.3 is 24.0 Å². The highest BCUT2D eigenvalue weighted by Crippen LogP contribution is 2.43. The second kappa shape index (κ2) is 25.9. The van der Waals surface area contributed by atoms with E-state index in [-0.39, 0.29) is 41.8 Å². The Hall–Kier alpha value is -7.78. The molecule has 20 nitrogen and oxygen atoms in total. The van der Waals surface area contributed by atoms with Crippen LogP contribution in [-0.4, -0.2) is 184 Å². The number of rotatable bonds is 18. The van der Waals surface area contributed by atoms with Gasteiger partial charge in [-0.1, -0.05) is 65.7 Å². The molecule has 22 heteroatoms. The first-order valence-corrected chi connectivity index (χ1v) is 30.9. The van der Waals surface area contributed by atoms with Crippen LogP contribution in [0.5, 0.6) is 12.0 Å². The van der Waals surface area contributed by atoms with Crippen LogP contribution in [0.1, 0.15) is 59.7 Å². The van der Waals surface area contributed by atoms with Crippen molar-refractivity contribution in [3.63, 3.8) is 0 Å². The van der Waals surface area contributed by atoms with Crippen LogP contribution in [0, 0.1) is 5.92 Å². The fraction of sp³-hybridized carbons (Fsp3) is 0.446. The van der Waals surface area contributed by atoms with Crippen molar-refractivity contribution in [1.29, 1.82) is 0 Å². The number of methoxy groups -OCH3 is 2. The van der Waals surface area contributed by atoms with Crippen LogP contribution in [-0.2, 0) is 54.6 Å². The maximum absolute atomic E-state index is 12.8. The van der Waals surface area contributed by atoms with E-state index in [1.807, 2.05) is 25.2 Å². The number of ether oxygens (including phenoxy) is 4. The summed E-state index contributed by atoms with van der Waals surface area (Å²) in [6.45, 7) is 8.28. The molecule has 4 atom stereocenters. The Kier molecular flexibility index (Phi) is 17.7. The Bertz CT molecular complexity index is 3670. The lowest BCUT2D eigenvalue weighted by Gasteiger charge is -2.41. The predicted molar refractivity (Wildman–Crippen MR) is 336 cm³/mol. The Morgan fingerprint density at radius 1 is 0.667 bits per heavy atom. The molecule has 6 aromatic rings. The van der Waals surface area contributed by atoms with E-state index in [2.05, 4.69) is 107 Å². The fourth-order valence-electron chi connectivity index (χ4n) is 13.6. The van der Waals surface area contributed by atoms with Crippen molar-refractivity contribution in [2.45, 2.75) is 75.7 Å². The van der Waals surface area contributed by atoms with Crippen LogP contribution in [0.15, 0.2) is 91.0 Å². The van der Waals surface area contributed by atoms with Crippen LogP contribution >= 0.6 is 23.2 Å². The third-order valence-corrected chi connectivity index (χ3v) is 18.9. The summed E-state index contributed by atoms with van der Waals surface area (Å²) < 4.78 is 22.5. The summed E-state index contributed by atoms with van der Waals surface area (Å²) in [6, 6.07) is 23.9. The molecule has 6 aliphatic rings. The van der Waals surface area contributed by atoms with Crippen LogP contribution in [0.3, 0.4) is 0 Å². The third kappa shape index (κ3) is 12.8. The minimum atomic E-state index is -0.585. The number of hydrogen-bond donors (Lipinski definition) is 1. The average Bonchev–Trinajstić information content (AvgIpc) is 2.02. The zero-order valence-corrected chi connectivity index (χ0v) is 51.4. The molecule has 456 valence electrons. The van der Waals surface area contributed by atoms with Gasteiger partial charge in [-0.15, -0.1) is 0 Å². The zero-order chi connectivity index (χ0) is 60.5. The SMILES string of the molecule is COC(=O)/C=C/C(=O)NC1CCN(c2nc(OC[C@@H]3CCCN3C)nc3c2CCN(c2cccc4c(C5C[C@@H](COc6nc7c(c(N(C)CC8CN(C(=O)/C=C/C(=O)OC)C8)n6)CCN(c6cccc8cccc(Cl)c68)C7)N(C)C5)ccc(Cl)c24)C3)C1. The number of esters is 2. The summed E-state index contributed by atoms with van der Waals surface area (Å²) in [4.78, 5) is 85.0. The summed E-state index contributed by atoms with van der Waals surface area (Å²) in [5.74, 6) is 0.323. The quantitative estimate of drug-likeness (QED) is 0.0661. The molecule has 0 radical (unpaired) electrons. The van der Waals surface area contributed by atoms with Gasteiger partial charge in [-0.05, 0) is 106 Å². The first-order valence-electron chi connectivity index (χ1n) is 30.1. The number of anilines is 4. The Balaban J connectivity index is 0.767. The number of fused-ring (bicyclic) bond motifs is 4. The van der Waals surface area contributed by atoms with Crippen molar-refractivity contribution in [2.24, 2.45) is 5.92 Å². The minimum absolute atomic E-state index is 0.0642. The van der Waals surface area contributed by atoms with Crippen molar-refractivity contribution in [1.82, 2.24) is 40.0 Å². The summed E-state index contributed by atoms with van der Waals surface area (Å²) in [5, 5.41) is 8.64. The number of amides is 2. The molecule has 0 saturated carbocycles. The second-order valence-electron chi connectivity index (χ2n) is 23.9. The highest BCUT2D eigenvalue weighted by Gasteiger charge is 2.37. The summed E-state index contributed by atoms with van der Waals surface area (Å²) >= 11 is 14.2. The van der Waals surface area contributed by atoms with E-state index < -0.39 is 11.9 Å². The number of nitrogens with zero attached hydrogens (tertiary/aromatic N) is 11. The molecule has 2 aromatic heterocycles. The normalized spacial score (nSPS) is 20.8. The van der Waals surface area contributed by atoms with Crippen molar-refractivity contribution < 1.29 is 38.1 Å². The highest BCUT2D eigenvalue weighted by molar-refractivity contribution is 6.37. The first kappa shape index (κ1) is 59.5. The van der Waals surface area contributed by atoms with Gasteiger partial charge in [0.1, 0.15) is 24.8 Å². The molecule has 8 heterocycles. The van der Waals surface area contributed by atoms with E-state index in [4.69, 9.17) is 52.6 Å². The minimum Gasteiger partial charge on any atom is -0.466 e. The number of hydrogen-bond acceptors (Lipinski definition) is 18. The van der Waals surface area contributed by atoms with Gasteiger partial charge in [-0.25, -0.2) is 9.59 Å². The molecule has 4 aromatic carbocycles. The number of nitrogens with one attached hydrogen (secondary N) is 1. The van der Waals surface area contributed by atoms with Gasteiger partial charge < -0.3 is 53.7 Å². The largest absolute Gasteiger partial charge is 0.466 e. The Morgan fingerprint density at radius 2 is 1.32 bits per heavy atom. The maximum atomic E-state index is 12.8. The van der Waals surface area contributed by atoms with E-state index in [9.17, 15) is 19.2 Å². The molecular weight excluding hydrogens is 1150 g/mol. The van der Waals surface area contributed by atoms with Crippen molar-refractivity contribution in [2.75, 3.05) is 127 Å². The number of likely N-dealkylation sites (N-methyl/N-ethyl adjacent to an activating group) is 2.